The van der Waals surface area contributed by atoms with Gasteiger partial charge in [-0.3, -0.25) is 4.79 Å². The molecule has 1 amide bonds. The van der Waals surface area contributed by atoms with Gasteiger partial charge in [0.15, 0.2) is 0 Å². The van der Waals surface area contributed by atoms with Crippen molar-refractivity contribution in [2.24, 2.45) is 0 Å². The van der Waals surface area contributed by atoms with Crippen LogP contribution in [0.1, 0.15) is 41.6 Å². The molecule has 0 radical (unpaired) electrons. The van der Waals surface area contributed by atoms with Gasteiger partial charge < -0.3 is 5.32 Å². The van der Waals surface area contributed by atoms with E-state index in [1.807, 2.05) is 0 Å². The van der Waals surface area contributed by atoms with E-state index in [4.69, 9.17) is 0 Å². The smallest absolute Gasteiger partial charge is 0.346 e. The molecule has 2 rings (SSSR count). The standard InChI is InChI=1S/C14H14Br2F3NO/c15-8-13(5-1-2-6-13)20-12(21)10-4-3-9(16)7-11(10)14(17,18)19/h3-4,7H,1-2,5-6,8H2,(H,20,21). The van der Waals surface area contributed by atoms with Gasteiger partial charge in [0.1, 0.15) is 0 Å². The van der Waals surface area contributed by atoms with Crippen LogP contribution in [0.25, 0.3) is 0 Å². The van der Waals surface area contributed by atoms with Gasteiger partial charge >= 0.3 is 6.18 Å². The van der Waals surface area contributed by atoms with Crippen LogP contribution >= 0.6 is 31.9 Å². The Bertz CT molecular complexity index is 540. The number of nitrogens with one attached hydrogen (secondary N) is 1. The highest BCUT2D eigenvalue weighted by Gasteiger charge is 2.38. The third-order valence-electron chi connectivity index (χ3n) is 3.73. The highest BCUT2D eigenvalue weighted by atomic mass is 79.9. The molecule has 1 fully saturated rings. The predicted octanol–water partition coefficient (Wildman–Crippen LogP) is 4.91. The number of hydrogen-bond donors (Lipinski definition) is 1. The van der Waals surface area contributed by atoms with Crippen molar-refractivity contribution in [3.63, 3.8) is 0 Å². The van der Waals surface area contributed by atoms with Crippen molar-refractivity contribution in [2.45, 2.75) is 37.4 Å². The van der Waals surface area contributed by atoms with E-state index in [2.05, 4.69) is 37.2 Å². The average Bonchev–Trinajstić information content (AvgIpc) is 2.86. The molecule has 1 N–H and O–H groups in total. The van der Waals surface area contributed by atoms with Crippen LogP contribution in [0, 0.1) is 0 Å². The zero-order valence-corrected chi connectivity index (χ0v) is 14.2. The quantitative estimate of drug-likeness (QED) is 0.681. The molecule has 1 aliphatic carbocycles. The fourth-order valence-corrected chi connectivity index (χ4v) is 3.66. The number of amides is 1. The summed E-state index contributed by atoms with van der Waals surface area (Å²) in [6, 6.07) is 3.59. The average molecular weight is 429 g/mol. The van der Waals surface area contributed by atoms with Gasteiger partial charge in [0, 0.05) is 9.80 Å². The summed E-state index contributed by atoms with van der Waals surface area (Å²) in [4.78, 5) is 12.3. The third-order valence-corrected chi connectivity index (χ3v) is 5.29. The molecule has 2 nitrogen and oxygen atoms in total. The highest BCUT2D eigenvalue weighted by Crippen LogP contribution is 2.35. The Kier molecular flexibility index (Phi) is 5.03. The molecule has 1 saturated carbocycles. The number of carbonyl (C=O) groups excluding carboxylic acids is 1. The first kappa shape index (κ1) is 16.8. The van der Waals surface area contributed by atoms with Gasteiger partial charge in [-0.25, -0.2) is 0 Å². The molecule has 21 heavy (non-hydrogen) atoms. The second-order valence-corrected chi connectivity index (χ2v) is 6.74. The van der Waals surface area contributed by atoms with E-state index >= 15 is 0 Å². The molecular formula is C14H14Br2F3NO. The van der Waals surface area contributed by atoms with Crippen molar-refractivity contribution in [3.8, 4) is 0 Å². The Morgan fingerprint density at radius 1 is 1.29 bits per heavy atom. The molecule has 1 aromatic rings. The van der Waals surface area contributed by atoms with Crippen molar-refractivity contribution in [1.82, 2.24) is 5.32 Å². The van der Waals surface area contributed by atoms with E-state index in [1.54, 1.807) is 0 Å². The van der Waals surface area contributed by atoms with E-state index in [0.29, 0.717) is 9.80 Å². The van der Waals surface area contributed by atoms with Crippen LogP contribution in [0.2, 0.25) is 0 Å². The van der Waals surface area contributed by atoms with Gasteiger partial charge in [0.05, 0.1) is 16.7 Å². The molecule has 116 valence electrons. The number of benzene rings is 1. The SMILES string of the molecule is O=C(NC1(CBr)CCCC1)c1ccc(Br)cc1C(F)(F)F. The molecule has 0 atom stereocenters. The third kappa shape index (κ3) is 3.80. The Labute approximate surface area is 137 Å². The van der Waals surface area contributed by atoms with Gasteiger partial charge in [-0.1, -0.05) is 44.7 Å². The molecule has 0 aliphatic heterocycles. The second-order valence-electron chi connectivity index (χ2n) is 5.26. The molecule has 0 unspecified atom stereocenters. The maximum atomic E-state index is 13.1. The fourth-order valence-electron chi connectivity index (χ4n) is 2.60. The zero-order valence-electron chi connectivity index (χ0n) is 11.1. The Hall–Kier alpha value is -0.560. The van der Waals surface area contributed by atoms with E-state index in [1.165, 1.54) is 12.1 Å². The first-order valence-corrected chi connectivity index (χ1v) is 8.44. The van der Waals surface area contributed by atoms with Crippen LogP contribution in [0.15, 0.2) is 22.7 Å². The number of hydrogen-bond acceptors (Lipinski definition) is 1. The summed E-state index contributed by atoms with van der Waals surface area (Å²) in [7, 11) is 0. The number of rotatable bonds is 3. The minimum Gasteiger partial charge on any atom is -0.346 e. The van der Waals surface area contributed by atoms with Crippen LogP contribution in [0.5, 0.6) is 0 Å². The van der Waals surface area contributed by atoms with Gasteiger partial charge in [-0.15, -0.1) is 0 Å². The van der Waals surface area contributed by atoms with Crippen molar-refractivity contribution >= 4 is 37.8 Å². The second kappa shape index (κ2) is 6.28. The number of carbonyl (C=O) groups is 1. The summed E-state index contributed by atoms with van der Waals surface area (Å²) in [6.07, 6.45) is -1.06. The molecule has 0 bridgehead atoms. The summed E-state index contributed by atoms with van der Waals surface area (Å²) in [5.74, 6) is -0.670. The lowest BCUT2D eigenvalue weighted by molar-refractivity contribution is -0.138. The van der Waals surface area contributed by atoms with E-state index in [0.717, 1.165) is 31.7 Å². The summed E-state index contributed by atoms with van der Waals surface area (Å²) in [5.41, 5.74) is -1.69. The van der Waals surface area contributed by atoms with Crippen LogP contribution < -0.4 is 5.32 Å². The lowest BCUT2D eigenvalue weighted by Crippen LogP contribution is -2.48. The lowest BCUT2D eigenvalue weighted by atomic mass is 9.98. The molecule has 0 saturated heterocycles. The maximum absolute atomic E-state index is 13.1. The summed E-state index contributed by atoms with van der Waals surface area (Å²) >= 11 is 6.37. The number of halogens is 5. The normalized spacial score (nSPS) is 17.8. The summed E-state index contributed by atoms with van der Waals surface area (Å²) in [5, 5.41) is 3.33. The van der Waals surface area contributed by atoms with Gasteiger partial charge in [0.2, 0.25) is 0 Å². The van der Waals surface area contributed by atoms with E-state index < -0.39 is 23.2 Å². The predicted molar refractivity (Wildman–Crippen MR) is 81.6 cm³/mol. The highest BCUT2D eigenvalue weighted by molar-refractivity contribution is 9.10. The molecule has 1 aliphatic rings. The molecule has 7 heteroatoms. The Morgan fingerprint density at radius 2 is 1.90 bits per heavy atom. The Balaban J connectivity index is 2.31. The van der Waals surface area contributed by atoms with Crippen molar-refractivity contribution in [2.75, 3.05) is 5.33 Å². The van der Waals surface area contributed by atoms with Crippen LogP contribution in [0.3, 0.4) is 0 Å². The Morgan fingerprint density at radius 3 is 2.43 bits per heavy atom. The largest absolute Gasteiger partial charge is 0.417 e. The van der Waals surface area contributed by atoms with Crippen molar-refractivity contribution < 1.29 is 18.0 Å². The van der Waals surface area contributed by atoms with Crippen LogP contribution in [0.4, 0.5) is 13.2 Å². The molecular weight excluding hydrogens is 415 g/mol. The van der Waals surface area contributed by atoms with Gasteiger partial charge in [0.25, 0.3) is 5.91 Å². The fraction of sp³-hybridized carbons (Fsp3) is 0.500. The summed E-state index contributed by atoms with van der Waals surface area (Å²) < 4.78 is 39.5. The first-order chi connectivity index (χ1) is 9.77. The van der Waals surface area contributed by atoms with Crippen molar-refractivity contribution in [3.05, 3.63) is 33.8 Å². The monoisotopic (exact) mass is 427 g/mol. The van der Waals surface area contributed by atoms with Crippen LogP contribution in [-0.2, 0) is 6.18 Å². The maximum Gasteiger partial charge on any atom is 0.417 e. The van der Waals surface area contributed by atoms with Gasteiger partial charge in [-0.2, -0.15) is 13.2 Å². The first-order valence-electron chi connectivity index (χ1n) is 6.53. The topological polar surface area (TPSA) is 29.1 Å². The molecule has 0 heterocycles. The molecule has 0 spiro atoms. The molecule has 1 aromatic carbocycles. The lowest BCUT2D eigenvalue weighted by Gasteiger charge is -2.28. The number of alkyl halides is 4. The minimum absolute atomic E-state index is 0.294. The zero-order chi connectivity index (χ0) is 15.7. The van der Waals surface area contributed by atoms with Crippen molar-refractivity contribution in [1.29, 1.82) is 0 Å². The van der Waals surface area contributed by atoms with E-state index in [-0.39, 0.29) is 5.56 Å². The minimum atomic E-state index is -4.56. The summed E-state index contributed by atoms with van der Waals surface area (Å²) in [6.45, 7) is 0. The van der Waals surface area contributed by atoms with Crippen LogP contribution in [-0.4, -0.2) is 16.8 Å². The molecule has 0 aromatic heterocycles. The van der Waals surface area contributed by atoms with Gasteiger partial charge in [-0.05, 0) is 31.0 Å². The van der Waals surface area contributed by atoms with E-state index in [9.17, 15) is 18.0 Å².